The Hall–Kier alpha value is -2.18. The van der Waals surface area contributed by atoms with Gasteiger partial charge in [-0.3, -0.25) is 0 Å². The number of para-hydroxylation sites is 1. The van der Waals surface area contributed by atoms with Crippen molar-refractivity contribution in [3.05, 3.63) is 58.6 Å². The smallest absolute Gasteiger partial charge is 0.103 e. The Labute approximate surface area is 129 Å². The summed E-state index contributed by atoms with van der Waals surface area (Å²) in [5.74, 6) is 0. The van der Waals surface area contributed by atoms with Gasteiger partial charge in [0.1, 0.15) is 6.07 Å². The summed E-state index contributed by atoms with van der Waals surface area (Å²) < 4.78 is 0. The van der Waals surface area contributed by atoms with Crippen LogP contribution >= 0.6 is 11.6 Å². The van der Waals surface area contributed by atoms with Gasteiger partial charge in [0, 0.05) is 18.3 Å². The molecular formula is C17H16ClN3. The van der Waals surface area contributed by atoms with Gasteiger partial charge in [-0.05, 0) is 36.6 Å². The van der Waals surface area contributed by atoms with Crippen molar-refractivity contribution in [1.29, 1.82) is 5.26 Å². The summed E-state index contributed by atoms with van der Waals surface area (Å²) in [4.78, 5) is 2.25. The van der Waals surface area contributed by atoms with E-state index in [-0.39, 0.29) is 0 Å². The first-order chi connectivity index (χ1) is 10.2. The van der Waals surface area contributed by atoms with Crippen molar-refractivity contribution in [3.63, 3.8) is 0 Å². The average Bonchev–Trinajstić information content (AvgIpc) is 3.31. The lowest BCUT2D eigenvalue weighted by atomic mass is 10.1. The highest BCUT2D eigenvalue weighted by molar-refractivity contribution is 6.32. The molecular weight excluding hydrogens is 282 g/mol. The molecule has 3 nitrogen and oxygen atoms in total. The van der Waals surface area contributed by atoms with Crippen LogP contribution in [0.15, 0.2) is 42.5 Å². The second kappa shape index (κ2) is 5.67. The standard InChI is InChI=1S/C17H16ClN3/c18-15-5-3-7-17(14(15)10-19)21(13-8-9-13)11-12-4-1-2-6-16(12)20/h1-7,13H,8-9,11,20H2. The van der Waals surface area contributed by atoms with Gasteiger partial charge in [0.15, 0.2) is 0 Å². The SMILES string of the molecule is N#Cc1c(Cl)cccc1N(Cc1ccccc1N)C1CC1. The van der Waals surface area contributed by atoms with Crippen LogP contribution in [0.25, 0.3) is 0 Å². The predicted molar refractivity (Wildman–Crippen MR) is 86.2 cm³/mol. The number of nitrogens with zero attached hydrogens (tertiary/aromatic N) is 2. The highest BCUT2D eigenvalue weighted by atomic mass is 35.5. The highest BCUT2D eigenvalue weighted by Crippen LogP contribution is 2.37. The molecule has 1 fully saturated rings. The predicted octanol–water partition coefficient (Wildman–Crippen LogP) is 3.96. The van der Waals surface area contributed by atoms with E-state index in [1.54, 1.807) is 6.07 Å². The van der Waals surface area contributed by atoms with Gasteiger partial charge in [-0.2, -0.15) is 5.26 Å². The van der Waals surface area contributed by atoms with Crippen LogP contribution in [0.1, 0.15) is 24.0 Å². The highest BCUT2D eigenvalue weighted by Gasteiger charge is 2.31. The van der Waals surface area contributed by atoms with Crippen molar-refractivity contribution < 1.29 is 0 Å². The molecule has 1 aliphatic carbocycles. The number of anilines is 2. The Morgan fingerprint density at radius 1 is 1.19 bits per heavy atom. The minimum Gasteiger partial charge on any atom is -0.398 e. The summed E-state index contributed by atoms with van der Waals surface area (Å²) in [6.45, 7) is 0.701. The number of hydrogen-bond donors (Lipinski definition) is 1. The first kappa shape index (κ1) is 13.8. The zero-order valence-corrected chi connectivity index (χ0v) is 12.3. The summed E-state index contributed by atoms with van der Waals surface area (Å²) in [5.41, 5.74) is 9.35. The van der Waals surface area contributed by atoms with Gasteiger partial charge in [-0.15, -0.1) is 0 Å². The van der Waals surface area contributed by atoms with Gasteiger partial charge in [-0.25, -0.2) is 0 Å². The van der Waals surface area contributed by atoms with E-state index in [1.165, 1.54) is 0 Å². The van der Waals surface area contributed by atoms with Crippen LogP contribution in [0.5, 0.6) is 0 Å². The number of halogens is 1. The van der Waals surface area contributed by atoms with E-state index < -0.39 is 0 Å². The number of nitriles is 1. The quantitative estimate of drug-likeness (QED) is 0.869. The first-order valence-corrected chi connectivity index (χ1v) is 7.37. The summed E-state index contributed by atoms with van der Waals surface area (Å²) in [5, 5.41) is 9.89. The largest absolute Gasteiger partial charge is 0.398 e. The number of benzene rings is 2. The second-order valence-electron chi connectivity index (χ2n) is 5.30. The zero-order chi connectivity index (χ0) is 14.8. The molecule has 0 bridgehead atoms. The monoisotopic (exact) mass is 297 g/mol. The summed E-state index contributed by atoms with van der Waals surface area (Å²) in [6, 6.07) is 16.1. The lowest BCUT2D eigenvalue weighted by Crippen LogP contribution is -2.26. The van der Waals surface area contributed by atoms with E-state index in [9.17, 15) is 5.26 Å². The average molecular weight is 298 g/mol. The maximum absolute atomic E-state index is 9.39. The third-order valence-electron chi connectivity index (χ3n) is 3.80. The molecule has 2 aromatic rings. The second-order valence-corrected chi connectivity index (χ2v) is 5.71. The molecule has 0 atom stereocenters. The Morgan fingerprint density at radius 2 is 1.95 bits per heavy atom. The van der Waals surface area contributed by atoms with Crippen molar-refractivity contribution in [3.8, 4) is 6.07 Å². The van der Waals surface area contributed by atoms with E-state index in [0.717, 1.165) is 29.8 Å². The molecule has 4 heteroatoms. The van der Waals surface area contributed by atoms with Crippen molar-refractivity contribution >= 4 is 23.0 Å². The van der Waals surface area contributed by atoms with Crippen molar-refractivity contribution in [1.82, 2.24) is 0 Å². The van der Waals surface area contributed by atoms with Crippen LogP contribution in [0.4, 0.5) is 11.4 Å². The fourth-order valence-electron chi connectivity index (χ4n) is 2.52. The lowest BCUT2D eigenvalue weighted by molar-refractivity contribution is 0.794. The Balaban J connectivity index is 1.99. The number of nitrogens with two attached hydrogens (primary N) is 1. The fraction of sp³-hybridized carbons (Fsp3) is 0.235. The van der Waals surface area contributed by atoms with Crippen LogP contribution in [0.3, 0.4) is 0 Å². The summed E-state index contributed by atoms with van der Waals surface area (Å²) >= 11 is 6.16. The van der Waals surface area contributed by atoms with E-state index in [0.29, 0.717) is 23.2 Å². The molecule has 1 saturated carbocycles. The van der Waals surface area contributed by atoms with Crippen LogP contribution < -0.4 is 10.6 Å². The van der Waals surface area contributed by atoms with E-state index in [2.05, 4.69) is 11.0 Å². The molecule has 0 spiro atoms. The zero-order valence-electron chi connectivity index (χ0n) is 11.6. The molecule has 2 aromatic carbocycles. The summed E-state index contributed by atoms with van der Waals surface area (Å²) in [6.07, 6.45) is 2.29. The first-order valence-electron chi connectivity index (χ1n) is 6.99. The molecule has 106 valence electrons. The summed E-state index contributed by atoms with van der Waals surface area (Å²) in [7, 11) is 0. The molecule has 3 rings (SSSR count). The van der Waals surface area contributed by atoms with Gasteiger partial charge in [-0.1, -0.05) is 35.9 Å². The molecule has 21 heavy (non-hydrogen) atoms. The number of nitrogen functional groups attached to an aromatic ring is 1. The molecule has 0 aliphatic heterocycles. The molecule has 0 amide bonds. The molecule has 1 aliphatic rings. The molecule has 0 heterocycles. The normalized spacial score (nSPS) is 13.7. The third kappa shape index (κ3) is 2.81. The van der Waals surface area contributed by atoms with Gasteiger partial charge >= 0.3 is 0 Å². The van der Waals surface area contributed by atoms with Crippen LogP contribution in [0.2, 0.25) is 5.02 Å². The molecule has 0 radical (unpaired) electrons. The molecule has 0 aromatic heterocycles. The van der Waals surface area contributed by atoms with Crippen molar-refractivity contribution in [2.45, 2.75) is 25.4 Å². The number of hydrogen-bond acceptors (Lipinski definition) is 3. The van der Waals surface area contributed by atoms with E-state index in [4.69, 9.17) is 17.3 Å². The Kier molecular flexibility index (Phi) is 3.72. The van der Waals surface area contributed by atoms with Crippen LogP contribution in [0, 0.1) is 11.3 Å². The minimum absolute atomic E-state index is 0.468. The van der Waals surface area contributed by atoms with Gasteiger partial charge in [0.25, 0.3) is 0 Å². The van der Waals surface area contributed by atoms with E-state index >= 15 is 0 Å². The molecule has 0 saturated heterocycles. The minimum atomic E-state index is 0.468. The maximum Gasteiger partial charge on any atom is 0.103 e. The van der Waals surface area contributed by atoms with Crippen LogP contribution in [-0.2, 0) is 6.54 Å². The molecule has 0 unspecified atom stereocenters. The van der Waals surface area contributed by atoms with Crippen molar-refractivity contribution in [2.24, 2.45) is 0 Å². The Morgan fingerprint density at radius 3 is 2.62 bits per heavy atom. The van der Waals surface area contributed by atoms with Gasteiger partial charge in [0.2, 0.25) is 0 Å². The topological polar surface area (TPSA) is 53.0 Å². The lowest BCUT2D eigenvalue weighted by Gasteiger charge is -2.26. The van der Waals surface area contributed by atoms with E-state index in [1.807, 2.05) is 36.4 Å². The fourth-order valence-corrected chi connectivity index (χ4v) is 2.73. The third-order valence-corrected chi connectivity index (χ3v) is 4.11. The van der Waals surface area contributed by atoms with Gasteiger partial charge in [0.05, 0.1) is 16.3 Å². The molecule has 2 N–H and O–H groups in total. The Bertz CT molecular complexity index is 701. The van der Waals surface area contributed by atoms with Gasteiger partial charge < -0.3 is 10.6 Å². The number of rotatable bonds is 4. The van der Waals surface area contributed by atoms with Crippen molar-refractivity contribution in [2.75, 3.05) is 10.6 Å². The van der Waals surface area contributed by atoms with Crippen LogP contribution in [-0.4, -0.2) is 6.04 Å². The maximum atomic E-state index is 9.39.